The van der Waals surface area contributed by atoms with Crippen LogP contribution in [0, 0.1) is 5.82 Å². The van der Waals surface area contributed by atoms with Gasteiger partial charge in [-0.1, -0.05) is 18.0 Å². The summed E-state index contributed by atoms with van der Waals surface area (Å²) in [6, 6.07) is 9.69. The normalized spacial score (nSPS) is 14.1. The van der Waals surface area contributed by atoms with Crippen LogP contribution in [0.1, 0.15) is 25.7 Å². The van der Waals surface area contributed by atoms with Crippen LogP contribution in [0.25, 0.3) is 16.6 Å². The number of aromatic nitrogens is 2. The Morgan fingerprint density at radius 1 is 1.02 bits per heavy atom. The second-order valence-corrected chi connectivity index (χ2v) is 13.4. The molecule has 1 aliphatic rings. The van der Waals surface area contributed by atoms with E-state index in [-0.39, 0.29) is 25.3 Å². The highest BCUT2D eigenvalue weighted by Crippen LogP contribution is 2.25. The summed E-state index contributed by atoms with van der Waals surface area (Å²) in [6.07, 6.45) is 4.73. The van der Waals surface area contributed by atoms with Gasteiger partial charge in [-0.3, -0.25) is 4.79 Å². The Kier molecular flexibility index (Phi) is 8.96. The third-order valence-corrected chi connectivity index (χ3v) is 9.87. The van der Waals surface area contributed by atoms with Crippen molar-refractivity contribution in [3.63, 3.8) is 0 Å². The lowest BCUT2D eigenvalue weighted by Crippen LogP contribution is -2.35. The molecule has 2 aromatic carbocycles. The molecule has 0 atom stereocenters. The van der Waals surface area contributed by atoms with E-state index >= 15 is 4.39 Å². The van der Waals surface area contributed by atoms with Crippen LogP contribution < -0.4 is 26.6 Å². The van der Waals surface area contributed by atoms with Gasteiger partial charge in [0.1, 0.15) is 10.0 Å². The Morgan fingerprint density at radius 2 is 1.79 bits per heavy atom. The SMILES string of the molecule is O=C(Nc1ccc(-n2c(=O)[nH]c3cc(NCCCN4CCCCC4)ccc3c2=O)c(F)c1)NS(=O)(=O)c1ccc(Cl)s1. The van der Waals surface area contributed by atoms with Crippen molar-refractivity contribution in [3.8, 4) is 5.69 Å². The summed E-state index contributed by atoms with van der Waals surface area (Å²) >= 11 is 6.52. The van der Waals surface area contributed by atoms with Crippen molar-refractivity contribution >= 4 is 61.3 Å². The fourth-order valence-electron chi connectivity index (χ4n) is 4.80. The molecule has 1 aliphatic heterocycles. The Hall–Kier alpha value is -3.72. The molecule has 0 spiro atoms. The fraction of sp³-hybridized carbons (Fsp3) is 0.296. The van der Waals surface area contributed by atoms with Crippen molar-refractivity contribution in [1.82, 2.24) is 19.2 Å². The van der Waals surface area contributed by atoms with Gasteiger partial charge in [0.25, 0.3) is 15.6 Å². The molecule has 4 N–H and O–H groups in total. The van der Waals surface area contributed by atoms with Gasteiger partial charge in [-0.25, -0.2) is 31.7 Å². The number of hydrogen-bond acceptors (Lipinski definition) is 8. The van der Waals surface area contributed by atoms with Crippen molar-refractivity contribution in [2.75, 3.05) is 36.8 Å². The largest absolute Gasteiger partial charge is 0.385 e. The maximum atomic E-state index is 15.1. The Bertz CT molecular complexity index is 1850. The van der Waals surface area contributed by atoms with E-state index < -0.39 is 33.1 Å². The number of thiophene rings is 1. The molecule has 15 heteroatoms. The van der Waals surface area contributed by atoms with Crippen LogP contribution in [0.3, 0.4) is 0 Å². The lowest BCUT2D eigenvalue weighted by molar-refractivity contribution is 0.228. The first kappa shape index (κ1) is 29.8. The van der Waals surface area contributed by atoms with E-state index in [4.69, 9.17) is 11.6 Å². The molecule has 2 amide bonds. The molecule has 5 rings (SSSR count). The monoisotopic (exact) mass is 634 g/mol. The van der Waals surface area contributed by atoms with Crippen LogP contribution >= 0.6 is 22.9 Å². The van der Waals surface area contributed by atoms with Crippen LogP contribution in [0.15, 0.2) is 62.3 Å². The summed E-state index contributed by atoms with van der Waals surface area (Å²) in [4.78, 5) is 43.4. The second kappa shape index (κ2) is 12.7. The lowest BCUT2D eigenvalue weighted by Gasteiger charge is -2.26. The zero-order chi connectivity index (χ0) is 29.9. The van der Waals surface area contributed by atoms with Gasteiger partial charge in [0.15, 0.2) is 0 Å². The van der Waals surface area contributed by atoms with Gasteiger partial charge in [-0.2, -0.15) is 0 Å². The molecule has 42 heavy (non-hydrogen) atoms. The van der Waals surface area contributed by atoms with E-state index in [0.29, 0.717) is 10.1 Å². The molecule has 0 bridgehead atoms. The first-order valence-electron chi connectivity index (χ1n) is 13.2. The molecule has 0 saturated carbocycles. The standard InChI is InChI=1S/C27H28ClFN6O5S2/c28-23-9-10-24(41-23)42(39,40)33-26(37)31-18-6-8-22(20(29)15-18)35-25(36)19-7-5-17(16-21(19)32-27(35)38)30-11-4-14-34-12-2-1-3-13-34/h5-10,15-16,30H,1-4,11-14H2,(H,32,38)(H2,31,33,37). The Labute approximate surface area is 249 Å². The van der Waals surface area contributed by atoms with Gasteiger partial charge < -0.3 is 20.5 Å². The molecule has 0 radical (unpaired) electrons. The number of nitrogens with one attached hydrogen (secondary N) is 4. The number of carbonyl (C=O) groups is 1. The summed E-state index contributed by atoms with van der Waals surface area (Å²) < 4.78 is 42.2. The molecule has 2 aromatic heterocycles. The number of amides is 2. The number of benzene rings is 2. The number of urea groups is 1. The first-order chi connectivity index (χ1) is 20.1. The topological polar surface area (TPSA) is 145 Å². The summed E-state index contributed by atoms with van der Waals surface area (Å²) in [5.41, 5.74) is -0.940. The Balaban J connectivity index is 1.28. The van der Waals surface area contributed by atoms with Crippen LogP contribution in [-0.2, 0) is 10.0 Å². The van der Waals surface area contributed by atoms with Gasteiger partial charge in [-0.15, -0.1) is 11.3 Å². The predicted molar refractivity (Wildman–Crippen MR) is 162 cm³/mol. The molecule has 1 fully saturated rings. The minimum Gasteiger partial charge on any atom is -0.385 e. The smallest absolute Gasteiger partial charge is 0.333 e. The molecular weight excluding hydrogens is 607 g/mol. The van der Waals surface area contributed by atoms with Crippen molar-refractivity contribution in [3.05, 3.63) is 79.5 Å². The Morgan fingerprint density at radius 3 is 2.50 bits per heavy atom. The number of halogens is 2. The maximum Gasteiger partial charge on any atom is 0.333 e. The second-order valence-electron chi connectivity index (χ2n) is 9.80. The molecule has 3 heterocycles. The van der Waals surface area contributed by atoms with E-state index in [1.165, 1.54) is 37.5 Å². The number of carbonyl (C=O) groups excluding carboxylic acids is 1. The van der Waals surface area contributed by atoms with Gasteiger partial charge in [0.2, 0.25) is 0 Å². The van der Waals surface area contributed by atoms with E-state index in [1.54, 1.807) is 18.2 Å². The van der Waals surface area contributed by atoms with Crippen molar-refractivity contribution in [2.45, 2.75) is 29.9 Å². The minimum atomic E-state index is -4.19. The summed E-state index contributed by atoms with van der Waals surface area (Å²) in [7, 11) is -4.19. The summed E-state index contributed by atoms with van der Waals surface area (Å²) in [5, 5.41) is 5.72. The van der Waals surface area contributed by atoms with Gasteiger partial charge >= 0.3 is 11.7 Å². The third kappa shape index (κ3) is 6.84. The predicted octanol–water partition coefficient (Wildman–Crippen LogP) is 4.33. The third-order valence-electron chi connectivity index (χ3n) is 6.81. The molecule has 0 aliphatic carbocycles. The zero-order valence-electron chi connectivity index (χ0n) is 22.3. The van der Waals surface area contributed by atoms with E-state index in [2.05, 4.69) is 20.5 Å². The molecule has 1 saturated heterocycles. The number of piperidine rings is 1. The maximum absolute atomic E-state index is 15.1. The fourth-order valence-corrected chi connectivity index (χ4v) is 7.19. The number of aromatic amines is 1. The quantitative estimate of drug-likeness (QED) is 0.201. The number of likely N-dealkylation sites (tertiary alicyclic amines) is 1. The average molecular weight is 635 g/mol. The number of fused-ring (bicyclic) bond motifs is 1. The van der Waals surface area contributed by atoms with Crippen LogP contribution in [0.2, 0.25) is 4.34 Å². The van der Waals surface area contributed by atoms with Crippen molar-refractivity contribution in [1.29, 1.82) is 0 Å². The highest BCUT2D eigenvalue weighted by atomic mass is 35.5. The van der Waals surface area contributed by atoms with Gasteiger partial charge in [-0.05, 0) is 87.4 Å². The molecular formula is C27H28ClFN6O5S2. The highest BCUT2D eigenvalue weighted by molar-refractivity contribution is 7.92. The number of H-pyrrole nitrogens is 1. The van der Waals surface area contributed by atoms with Crippen LogP contribution in [-0.4, -0.2) is 55.1 Å². The minimum absolute atomic E-state index is 0.102. The number of anilines is 2. The summed E-state index contributed by atoms with van der Waals surface area (Å²) in [5.74, 6) is -0.986. The van der Waals surface area contributed by atoms with Gasteiger partial charge in [0.05, 0.1) is 20.9 Å². The van der Waals surface area contributed by atoms with Crippen LogP contribution in [0.4, 0.5) is 20.6 Å². The number of hydrogen-bond donors (Lipinski definition) is 4. The van der Waals surface area contributed by atoms with E-state index in [1.807, 2.05) is 4.72 Å². The first-order valence-corrected chi connectivity index (χ1v) is 15.9. The molecule has 11 nitrogen and oxygen atoms in total. The molecule has 4 aromatic rings. The van der Waals surface area contributed by atoms with Crippen molar-refractivity contribution in [2.24, 2.45) is 0 Å². The van der Waals surface area contributed by atoms with Crippen LogP contribution in [0.5, 0.6) is 0 Å². The van der Waals surface area contributed by atoms with E-state index in [0.717, 1.165) is 61.8 Å². The van der Waals surface area contributed by atoms with Gasteiger partial charge in [0, 0.05) is 17.9 Å². The number of rotatable bonds is 9. The van der Waals surface area contributed by atoms with E-state index in [9.17, 15) is 22.8 Å². The number of nitrogens with zero attached hydrogens (tertiary/aromatic N) is 2. The average Bonchev–Trinajstić information content (AvgIpc) is 3.40. The molecule has 0 unspecified atom stereocenters. The summed E-state index contributed by atoms with van der Waals surface area (Å²) in [6.45, 7) is 4.02. The zero-order valence-corrected chi connectivity index (χ0v) is 24.7. The van der Waals surface area contributed by atoms with Crippen molar-refractivity contribution < 1.29 is 17.6 Å². The molecule has 222 valence electrons. The highest BCUT2D eigenvalue weighted by Gasteiger charge is 2.21. The number of sulfonamides is 1. The lowest BCUT2D eigenvalue weighted by atomic mass is 10.1.